The number of piperidine rings is 1. The summed E-state index contributed by atoms with van der Waals surface area (Å²) < 4.78 is 0. The molecule has 0 aromatic heterocycles. The normalized spacial score (nSPS) is 25.6. The van der Waals surface area contributed by atoms with Crippen molar-refractivity contribution in [3.63, 3.8) is 0 Å². The molecule has 2 unspecified atom stereocenters. The molecule has 1 fully saturated rings. The second-order valence-electron chi connectivity index (χ2n) is 6.72. The molecule has 0 spiro atoms. The minimum Gasteiger partial charge on any atom is -0.352 e. The number of benzene rings is 1. The van der Waals surface area contributed by atoms with Gasteiger partial charge in [0.2, 0.25) is 0 Å². The molecule has 0 bridgehead atoms. The highest BCUT2D eigenvalue weighted by Gasteiger charge is 2.18. The summed E-state index contributed by atoms with van der Waals surface area (Å²) in [6.07, 6.45) is 4.08. The minimum atomic E-state index is 0.455. The van der Waals surface area contributed by atoms with Crippen LogP contribution in [0.5, 0.6) is 0 Å². The van der Waals surface area contributed by atoms with Crippen molar-refractivity contribution in [2.75, 3.05) is 13.1 Å². The molecule has 120 valence electrons. The Morgan fingerprint density at radius 1 is 1.18 bits per heavy atom. The van der Waals surface area contributed by atoms with Crippen molar-refractivity contribution >= 4 is 5.96 Å². The van der Waals surface area contributed by atoms with Gasteiger partial charge in [-0.15, -0.1) is 0 Å². The second-order valence-corrected chi connectivity index (χ2v) is 6.72. The van der Waals surface area contributed by atoms with Crippen LogP contribution in [0, 0.1) is 0 Å². The third-order valence-electron chi connectivity index (χ3n) is 4.72. The zero-order valence-corrected chi connectivity index (χ0v) is 13.8. The molecule has 2 heterocycles. The van der Waals surface area contributed by atoms with Gasteiger partial charge in [0, 0.05) is 25.2 Å². The van der Waals surface area contributed by atoms with E-state index >= 15 is 0 Å². The molecular formula is C18H28N4. The van der Waals surface area contributed by atoms with E-state index in [-0.39, 0.29) is 0 Å². The zero-order chi connectivity index (χ0) is 15.4. The smallest absolute Gasteiger partial charge is 0.191 e. The topological polar surface area (TPSA) is 39.7 Å². The van der Waals surface area contributed by atoms with E-state index < -0.39 is 0 Å². The van der Waals surface area contributed by atoms with Gasteiger partial charge < -0.3 is 10.6 Å². The molecule has 3 rings (SSSR count). The van der Waals surface area contributed by atoms with E-state index in [1.807, 2.05) is 0 Å². The van der Waals surface area contributed by atoms with Gasteiger partial charge >= 0.3 is 0 Å². The first-order chi connectivity index (χ1) is 10.7. The van der Waals surface area contributed by atoms with Crippen molar-refractivity contribution in [1.82, 2.24) is 15.5 Å². The van der Waals surface area contributed by atoms with E-state index in [0.29, 0.717) is 6.04 Å². The Bertz CT molecular complexity index is 508. The molecule has 1 aromatic rings. The van der Waals surface area contributed by atoms with E-state index in [4.69, 9.17) is 0 Å². The molecule has 4 nitrogen and oxygen atoms in total. The average molecular weight is 300 g/mol. The molecule has 2 N–H and O–H groups in total. The van der Waals surface area contributed by atoms with Crippen LogP contribution in [0.25, 0.3) is 0 Å². The van der Waals surface area contributed by atoms with Gasteiger partial charge in [0.05, 0.1) is 6.54 Å². The zero-order valence-electron chi connectivity index (χ0n) is 13.8. The maximum absolute atomic E-state index is 4.42. The van der Waals surface area contributed by atoms with Crippen LogP contribution in [-0.4, -0.2) is 36.0 Å². The standard InChI is InChI=1S/C18H28N4/c1-14-11-19-18(21-14)20-12-16-6-8-17(9-7-16)13-22-10-4-3-5-15(22)2/h6-9,14-15H,3-5,10-13H2,1-2H3,(H2,19,20,21). The van der Waals surface area contributed by atoms with Crippen molar-refractivity contribution in [1.29, 1.82) is 0 Å². The van der Waals surface area contributed by atoms with E-state index in [2.05, 4.69) is 58.6 Å². The molecule has 1 aromatic carbocycles. The Labute approximate surface area is 134 Å². The first-order valence-electron chi connectivity index (χ1n) is 8.57. The lowest BCUT2D eigenvalue weighted by atomic mass is 10.0. The molecule has 4 heteroatoms. The lowest BCUT2D eigenvalue weighted by Gasteiger charge is -2.33. The maximum Gasteiger partial charge on any atom is 0.191 e. The van der Waals surface area contributed by atoms with Crippen molar-refractivity contribution in [3.8, 4) is 0 Å². The van der Waals surface area contributed by atoms with Gasteiger partial charge in [-0.2, -0.15) is 0 Å². The quantitative estimate of drug-likeness (QED) is 0.897. The van der Waals surface area contributed by atoms with E-state index in [9.17, 15) is 0 Å². The number of nitrogens with one attached hydrogen (secondary N) is 2. The number of hydrogen-bond donors (Lipinski definition) is 2. The van der Waals surface area contributed by atoms with Crippen LogP contribution in [0.15, 0.2) is 29.3 Å². The summed E-state index contributed by atoms with van der Waals surface area (Å²) in [6.45, 7) is 8.53. The van der Waals surface area contributed by atoms with E-state index in [1.54, 1.807) is 0 Å². The largest absolute Gasteiger partial charge is 0.352 e. The summed E-state index contributed by atoms with van der Waals surface area (Å²) in [6, 6.07) is 10.2. The highest BCUT2D eigenvalue weighted by Crippen LogP contribution is 2.19. The van der Waals surface area contributed by atoms with Crippen LogP contribution in [-0.2, 0) is 13.1 Å². The molecule has 2 aliphatic heterocycles. The highest BCUT2D eigenvalue weighted by molar-refractivity contribution is 5.81. The highest BCUT2D eigenvalue weighted by atomic mass is 15.2. The van der Waals surface area contributed by atoms with Crippen molar-refractivity contribution in [2.45, 2.75) is 58.3 Å². The van der Waals surface area contributed by atoms with Crippen molar-refractivity contribution < 1.29 is 0 Å². The SMILES string of the molecule is CC1CN=C(NCc2ccc(CN3CCCCC3C)cc2)N1. The van der Waals surface area contributed by atoms with Gasteiger partial charge in [-0.1, -0.05) is 30.7 Å². The average Bonchev–Trinajstić information content (AvgIpc) is 2.94. The van der Waals surface area contributed by atoms with Gasteiger partial charge in [0.25, 0.3) is 0 Å². The summed E-state index contributed by atoms with van der Waals surface area (Å²) in [5.74, 6) is 0.929. The summed E-state index contributed by atoms with van der Waals surface area (Å²) in [5.41, 5.74) is 2.72. The molecule has 22 heavy (non-hydrogen) atoms. The summed E-state index contributed by atoms with van der Waals surface area (Å²) in [7, 11) is 0. The molecule has 2 atom stereocenters. The van der Waals surface area contributed by atoms with Crippen LogP contribution in [0.4, 0.5) is 0 Å². The van der Waals surface area contributed by atoms with Gasteiger partial charge in [-0.3, -0.25) is 9.89 Å². The first-order valence-corrected chi connectivity index (χ1v) is 8.57. The van der Waals surface area contributed by atoms with Crippen LogP contribution >= 0.6 is 0 Å². The summed E-state index contributed by atoms with van der Waals surface area (Å²) >= 11 is 0. The van der Waals surface area contributed by atoms with Crippen molar-refractivity contribution in [3.05, 3.63) is 35.4 Å². The number of guanidine groups is 1. The predicted molar refractivity (Wildman–Crippen MR) is 91.9 cm³/mol. The Kier molecular flexibility index (Phi) is 4.98. The molecule has 0 radical (unpaired) electrons. The third-order valence-corrected chi connectivity index (χ3v) is 4.72. The lowest BCUT2D eigenvalue weighted by Crippen LogP contribution is -2.37. The second kappa shape index (κ2) is 7.14. The van der Waals surface area contributed by atoms with E-state index in [0.717, 1.165) is 31.6 Å². The predicted octanol–water partition coefficient (Wildman–Crippen LogP) is 2.50. The van der Waals surface area contributed by atoms with Gasteiger partial charge in [0.1, 0.15) is 0 Å². The van der Waals surface area contributed by atoms with Crippen LogP contribution < -0.4 is 10.6 Å². The number of nitrogens with zero attached hydrogens (tertiary/aromatic N) is 2. The Morgan fingerprint density at radius 3 is 2.64 bits per heavy atom. The molecule has 2 aliphatic rings. The van der Waals surface area contributed by atoms with Gasteiger partial charge in [-0.05, 0) is 44.4 Å². The fraction of sp³-hybridized carbons (Fsp3) is 0.611. The number of rotatable bonds is 4. The molecule has 0 aliphatic carbocycles. The monoisotopic (exact) mass is 300 g/mol. The van der Waals surface area contributed by atoms with E-state index in [1.165, 1.54) is 36.9 Å². The fourth-order valence-electron chi connectivity index (χ4n) is 3.24. The molecule has 0 amide bonds. The first kappa shape index (κ1) is 15.3. The Balaban J connectivity index is 1.49. The molecule has 1 saturated heterocycles. The van der Waals surface area contributed by atoms with Gasteiger partial charge in [-0.25, -0.2) is 0 Å². The Morgan fingerprint density at radius 2 is 1.95 bits per heavy atom. The van der Waals surface area contributed by atoms with Crippen LogP contribution in [0.1, 0.15) is 44.2 Å². The Hall–Kier alpha value is -1.55. The van der Waals surface area contributed by atoms with Crippen LogP contribution in [0.2, 0.25) is 0 Å². The van der Waals surface area contributed by atoms with Crippen molar-refractivity contribution in [2.24, 2.45) is 4.99 Å². The number of aliphatic imine (C=N–C) groups is 1. The maximum atomic E-state index is 4.42. The molecular weight excluding hydrogens is 272 g/mol. The summed E-state index contributed by atoms with van der Waals surface area (Å²) in [5, 5.41) is 6.69. The van der Waals surface area contributed by atoms with Gasteiger partial charge in [0.15, 0.2) is 5.96 Å². The molecule has 0 saturated carbocycles. The lowest BCUT2D eigenvalue weighted by molar-refractivity contribution is 0.152. The number of hydrogen-bond acceptors (Lipinski definition) is 4. The number of likely N-dealkylation sites (tertiary alicyclic amines) is 1. The summed E-state index contributed by atoms with van der Waals surface area (Å²) in [4.78, 5) is 7.03. The van der Waals surface area contributed by atoms with Crippen LogP contribution in [0.3, 0.4) is 0 Å². The minimum absolute atomic E-state index is 0.455. The fourth-order valence-corrected chi connectivity index (χ4v) is 3.24. The third kappa shape index (κ3) is 4.01.